The van der Waals surface area contributed by atoms with Crippen LogP contribution in [0.1, 0.15) is 12.5 Å². The molecule has 96 valence electrons. The molecule has 0 aliphatic rings. The van der Waals surface area contributed by atoms with Crippen molar-refractivity contribution in [3.63, 3.8) is 0 Å². The molecule has 0 radical (unpaired) electrons. The summed E-state index contributed by atoms with van der Waals surface area (Å²) in [5.41, 5.74) is 18.1. The Bertz CT molecular complexity index is 516. The SMILES string of the molecule is CC(=O)Nc1ccc(N=C(N)N=C(N)N)c(C)c1. The summed E-state index contributed by atoms with van der Waals surface area (Å²) in [5, 5.41) is 2.67. The molecule has 0 aliphatic heterocycles. The van der Waals surface area contributed by atoms with Crippen LogP contribution in [-0.2, 0) is 4.79 Å². The van der Waals surface area contributed by atoms with Crippen LogP contribution < -0.4 is 22.5 Å². The van der Waals surface area contributed by atoms with E-state index in [1.54, 1.807) is 18.2 Å². The van der Waals surface area contributed by atoms with E-state index in [0.29, 0.717) is 11.4 Å². The summed E-state index contributed by atoms with van der Waals surface area (Å²) in [4.78, 5) is 18.6. The Balaban J connectivity index is 2.99. The highest BCUT2D eigenvalue weighted by molar-refractivity contribution is 5.94. The minimum Gasteiger partial charge on any atom is -0.370 e. The van der Waals surface area contributed by atoms with E-state index in [2.05, 4.69) is 15.3 Å². The normalized spacial score (nSPS) is 10.9. The van der Waals surface area contributed by atoms with E-state index in [0.717, 1.165) is 5.56 Å². The van der Waals surface area contributed by atoms with Crippen LogP contribution in [0.3, 0.4) is 0 Å². The quantitative estimate of drug-likeness (QED) is 0.438. The summed E-state index contributed by atoms with van der Waals surface area (Å²) in [7, 11) is 0. The molecule has 0 saturated carbocycles. The van der Waals surface area contributed by atoms with E-state index in [1.165, 1.54) is 6.92 Å². The van der Waals surface area contributed by atoms with Crippen LogP contribution in [0.5, 0.6) is 0 Å². The molecule has 7 N–H and O–H groups in total. The maximum atomic E-state index is 10.9. The first-order chi connectivity index (χ1) is 8.38. The van der Waals surface area contributed by atoms with E-state index < -0.39 is 0 Å². The Morgan fingerprint density at radius 1 is 1.28 bits per heavy atom. The number of nitrogens with two attached hydrogens (primary N) is 3. The molecule has 1 aromatic rings. The number of guanidine groups is 2. The number of amides is 1. The zero-order chi connectivity index (χ0) is 13.7. The largest absolute Gasteiger partial charge is 0.370 e. The van der Waals surface area contributed by atoms with Crippen molar-refractivity contribution in [3.05, 3.63) is 23.8 Å². The number of carbonyl (C=O) groups is 1. The molecule has 1 rings (SSSR count). The summed E-state index contributed by atoms with van der Waals surface area (Å²) in [6.45, 7) is 3.28. The van der Waals surface area contributed by atoms with Gasteiger partial charge in [0.05, 0.1) is 5.69 Å². The summed E-state index contributed by atoms with van der Waals surface area (Å²) in [6, 6.07) is 5.22. The van der Waals surface area contributed by atoms with Crippen LogP contribution in [0.15, 0.2) is 28.2 Å². The van der Waals surface area contributed by atoms with Gasteiger partial charge in [0, 0.05) is 12.6 Å². The van der Waals surface area contributed by atoms with Crippen molar-refractivity contribution in [2.45, 2.75) is 13.8 Å². The molecule has 0 aromatic heterocycles. The Labute approximate surface area is 105 Å². The Morgan fingerprint density at radius 3 is 2.44 bits per heavy atom. The maximum Gasteiger partial charge on any atom is 0.223 e. The van der Waals surface area contributed by atoms with Crippen LogP contribution in [0.4, 0.5) is 11.4 Å². The summed E-state index contributed by atoms with van der Waals surface area (Å²) in [6.07, 6.45) is 0. The van der Waals surface area contributed by atoms with Gasteiger partial charge in [-0.25, -0.2) is 4.99 Å². The fourth-order valence-corrected chi connectivity index (χ4v) is 1.34. The van der Waals surface area contributed by atoms with Crippen LogP contribution in [0, 0.1) is 6.92 Å². The van der Waals surface area contributed by atoms with Crippen molar-refractivity contribution < 1.29 is 4.79 Å². The summed E-state index contributed by atoms with van der Waals surface area (Å²) < 4.78 is 0. The van der Waals surface area contributed by atoms with Gasteiger partial charge in [-0.1, -0.05) is 0 Å². The van der Waals surface area contributed by atoms with Crippen LogP contribution in [0.2, 0.25) is 0 Å². The molecule has 0 aliphatic carbocycles. The standard InChI is InChI=1S/C11H16N6O/c1-6-5-8(15-7(2)18)3-4-9(6)16-11(14)17-10(12)13/h3-5H,1-2H3,(H,15,18)(H6,12,13,14,16,17). The van der Waals surface area contributed by atoms with Gasteiger partial charge in [0.1, 0.15) is 0 Å². The summed E-state index contributed by atoms with van der Waals surface area (Å²) in [5.74, 6) is -0.306. The number of rotatable bonds is 2. The van der Waals surface area contributed by atoms with Gasteiger partial charge >= 0.3 is 0 Å². The first kappa shape index (κ1) is 13.5. The third kappa shape index (κ3) is 4.12. The molecule has 7 heteroatoms. The van der Waals surface area contributed by atoms with Crippen LogP contribution in [-0.4, -0.2) is 17.8 Å². The highest BCUT2D eigenvalue weighted by atomic mass is 16.1. The third-order valence-electron chi connectivity index (χ3n) is 2.00. The fraction of sp³-hybridized carbons (Fsp3) is 0.182. The lowest BCUT2D eigenvalue weighted by molar-refractivity contribution is -0.114. The van der Waals surface area contributed by atoms with Gasteiger partial charge in [-0.05, 0) is 30.7 Å². The van der Waals surface area contributed by atoms with Crippen molar-refractivity contribution in [1.29, 1.82) is 0 Å². The minimum absolute atomic E-state index is 0.0228. The molecular formula is C11H16N6O. The number of nitrogens with zero attached hydrogens (tertiary/aromatic N) is 2. The first-order valence-corrected chi connectivity index (χ1v) is 5.20. The molecule has 1 amide bonds. The Hall–Kier alpha value is -2.57. The molecular weight excluding hydrogens is 232 g/mol. The maximum absolute atomic E-state index is 10.9. The van der Waals surface area contributed by atoms with Gasteiger partial charge < -0.3 is 22.5 Å². The predicted molar refractivity (Wildman–Crippen MR) is 72.6 cm³/mol. The average molecular weight is 248 g/mol. The highest BCUT2D eigenvalue weighted by Crippen LogP contribution is 2.22. The number of hydrogen-bond donors (Lipinski definition) is 4. The lowest BCUT2D eigenvalue weighted by atomic mass is 10.2. The van der Waals surface area contributed by atoms with Gasteiger partial charge in [-0.15, -0.1) is 0 Å². The molecule has 0 spiro atoms. The van der Waals surface area contributed by atoms with Crippen LogP contribution in [0.25, 0.3) is 0 Å². The van der Waals surface area contributed by atoms with E-state index in [-0.39, 0.29) is 17.8 Å². The van der Waals surface area contributed by atoms with Crippen molar-refractivity contribution in [3.8, 4) is 0 Å². The summed E-state index contributed by atoms with van der Waals surface area (Å²) >= 11 is 0. The lowest BCUT2D eigenvalue weighted by Gasteiger charge is -2.05. The number of carbonyl (C=O) groups excluding carboxylic acids is 1. The number of anilines is 1. The number of aryl methyl sites for hydroxylation is 1. The minimum atomic E-state index is -0.149. The zero-order valence-corrected chi connectivity index (χ0v) is 10.3. The second-order valence-corrected chi connectivity index (χ2v) is 3.69. The molecule has 0 unspecified atom stereocenters. The average Bonchev–Trinajstić information content (AvgIpc) is 2.20. The molecule has 1 aromatic carbocycles. The molecule has 0 bridgehead atoms. The van der Waals surface area contributed by atoms with Crippen LogP contribution >= 0.6 is 0 Å². The second kappa shape index (κ2) is 5.67. The van der Waals surface area contributed by atoms with Gasteiger partial charge in [0.15, 0.2) is 5.96 Å². The lowest BCUT2D eigenvalue weighted by Crippen LogP contribution is -2.26. The van der Waals surface area contributed by atoms with Crippen molar-refractivity contribution in [2.24, 2.45) is 27.2 Å². The molecule has 0 saturated heterocycles. The molecule has 0 atom stereocenters. The molecule has 18 heavy (non-hydrogen) atoms. The van der Waals surface area contributed by atoms with Gasteiger partial charge in [-0.3, -0.25) is 4.79 Å². The number of hydrogen-bond acceptors (Lipinski definition) is 2. The second-order valence-electron chi connectivity index (χ2n) is 3.69. The molecule has 7 nitrogen and oxygen atoms in total. The Morgan fingerprint density at radius 2 is 1.94 bits per heavy atom. The molecule has 0 heterocycles. The van der Waals surface area contributed by atoms with E-state index in [1.807, 2.05) is 6.92 Å². The van der Waals surface area contributed by atoms with Crippen molar-refractivity contribution in [1.82, 2.24) is 0 Å². The number of nitrogens with one attached hydrogen (secondary N) is 1. The number of aliphatic imine (C=N–C) groups is 2. The fourth-order valence-electron chi connectivity index (χ4n) is 1.34. The van der Waals surface area contributed by atoms with E-state index in [4.69, 9.17) is 17.2 Å². The van der Waals surface area contributed by atoms with E-state index in [9.17, 15) is 4.79 Å². The van der Waals surface area contributed by atoms with Crippen molar-refractivity contribution >= 4 is 29.2 Å². The highest BCUT2D eigenvalue weighted by Gasteiger charge is 2.01. The van der Waals surface area contributed by atoms with Gasteiger partial charge in [0.2, 0.25) is 11.9 Å². The number of benzene rings is 1. The third-order valence-corrected chi connectivity index (χ3v) is 2.00. The van der Waals surface area contributed by atoms with Gasteiger partial charge in [0.25, 0.3) is 0 Å². The smallest absolute Gasteiger partial charge is 0.223 e. The monoisotopic (exact) mass is 248 g/mol. The van der Waals surface area contributed by atoms with Crippen molar-refractivity contribution in [2.75, 3.05) is 5.32 Å². The zero-order valence-electron chi connectivity index (χ0n) is 10.3. The first-order valence-electron chi connectivity index (χ1n) is 5.20. The van der Waals surface area contributed by atoms with Gasteiger partial charge in [-0.2, -0.15) is 4.99 Å². The predicted octanol–water partition coefficient (Wildman–Crippen LogP) is 0.173. The molecule has 0 fully saturated rings. The Kier molecular flexibility index (Phi) is 4.25. The topological polar surface area (TPSA) is 132 Å². The van der Waals surface area contributed by atoms with E-state index >= 15 is 0 Å².